The molecule has 0 unspecified atom stereocenters. The van der Waals surface area contributed by atoms with Gasteiger partial charge in [0.25, 0.3) is 0 Å². The maximum Gasteiger partial charge on any atom is 0.323 e. The Balaban J connectivity index is 1.91. The SMILES string of the molecule is COC(=O)[C@@H]1C[C@H](C(=O)NC2CC2)[C@H](c2ccccc2F)N1C. The molecule has 1 amide bonds. The first-order valence-corrected chi connectivity index (χ1v) is 7.87. The first-order chi connectivity index (χ1) is 11.0. The largest absolute Gasteiger partial charge is 0.468 e. The van der Waals surface area contributed by atoms with Crippen LogP contribution in [-0.4, -0.2) is 43.0 Å². The van der Waals surface area contributed by atoms with Gasteiger partial charge in [0.2, 0.25) is 5.91 Å². The second kappa shape index (κ2) is 6.28. The van der Waals surface area contributed by atoms with E-state index in [1.807, 2.05) is 0 Å². The van der Waals surface area contributed by atoms with Crippen LogP contribution in [0.2, 0.25) is 0 Å². The number of likely N-dealkylation sites (N-methyl/N-ethyl adjacent to an activating group) is 1. The molecule has 124 valence electrons. The lowest BCUT2D eigenvalue weighted by Crippen LogP contribution is -2.37. The third-order valence-corrected chi connectivity index (χ3v) is 4.75. The van der Waals surface area contributed by atoms with Crippen molar-refractivity contribution in [3.8, 4) is 0 Å². The van der Waals surface area contributed by atoms with E-state index in [0.29, 0.717) is 12.0 Å². The van der Waals surface area contributed by atoms with Crippen molar-refractivity contribution in [2.24, 2.45) is 5.92 Å². The Kier molecular flexibility index (Phi) is 4.35. The van der Waals surface area contributed by atoms with Crippen molar-refractivity contribution >= 4 is 11.9 Å². The number of amides is 1. The summed E-state index contributed by atoms with van der Waals surface area (Å²) in [6, 6.07) is 5.63. The zero-order chi connectivity index (χ0) is 16.6. The molecule has 5 nitrogen and oxygen atoms in total. The molecule has 1 aliphatic heterocycles. The van der Waals surface area contributed by atoms with E-state index >= 15 is 0 Å². The zero-order valence-electron chi connectivity index (χ0n) is 13.3. The first-order valence-electron chi connectivity index (χ1n) is 7.87. The molecule has 1 N–H and O–H groups in total. The highest BCUT2D eigenvalue weighted by atomic mass is 19.1. The van der Waals surface area contributed by atoms with Gasteiger partial charge in [-0.1, -0.05) is 18.2 Å². The van der Waals surface area contributed by atoms with Gasteiger partial charge in [-0.05, 0) is 32.4 Å². The number of hydrogen-bond acceptors (Lipinski definition) is 4. The number of nitrogens with one attached hydrogen (secondary N) is 1. The lowest BCUT2D eigenvalue weighted by atomic mass is 9.92. The third kappa shape index (κ3) is 3.08. The Labute approximate surface area is 134 Å². The molecule has 2 aliphatic rings. The molecule has 6 heteroatoms. The van der Waals surface area contributed by atoms with Crippen LogP contribution in [0, 0.1) is 11.7 Å². The maximum absolute atomic E-state index is 14.3. The van der Waals surface area contributed by atoms with Gasteiger partial charge in [-0.3, -0.25) is 14.5 Å². The Morgan fingerprint density at radius 3 is 2.61 bits per heavy atom. The van der Waals surface area contributed by atoms with Crippen LogP contribution in [0.3, 0.4) is 0 Å². The van der Waals surface area contributed by atoms with Crippen LogP contribution in [0.1, 0.15) is 30.9 Å². The molecule has 1 aliphatic carbocycles. The lowest BCUT2D eigenvalue weighted by molar-refractivity contribution is -0.145. The molecule has 1 saturated heterocycles. The lowest BCUT2D eigenvalue weighted by Gasteiger charge is -2.27. The van der Waals surface area contributed by atoms with Crippen LogP contribution < -0.4 is 5.32 Å². The summed E-state index contributed by atoms with van der Waals surface area (Å²) in [5.74, 6) is -1.34. The number of ether oxygens (including phenoxy) is 1. The Morgan fingerprint density at radius 1 is 1.30 bits per heavy atom. The third-order valence-electron chi connectivity index (χ3n) is 4.75. The van der Waals surface area contributed by atoms with Crippen molar-refractivity contribution in [1.82, 2.24) is 10.2 Å². The minimum Gasteiger partial charge on any atom is -0.468 e. The molecule has 1 aromatic carbocycles. The summed E-state index contributed by atoms with van der Waals surface area (Å²) in [6.45, 7) is 0. The van der Waals surface area contributed by atoms with E-state index in [4.69, 9.17) is 4.74 Å². The van der Waals surface area contributed by atoms with E-state index in [1.54, 1.807) is 30.1 Å². The average Bonchev–Trinajstić information content (AvgIpc) is 3.28. The minimum absolute atomic E-state index is 0.112. The second-order valence-electron chi connectivity index (χ2n) is 6.30. The van der Waals surface area contributed by atoms with Gasteiger partial charge in [-0.2, -0.15) is 0 Å². The number of carbonyl (C=O) groups is 2. The van der Waals surface area contributed by atoms with Crippen molar-refractivity contribution in [2.45, 2.75) is 37.4 Å². The van der Waals surface area contributed by atoms with Crippen molar-refractivity contribution < 1.29 is 18.7 Å². The van der Waals surface area contributed by atoms with Crippen LogP contribution in [0.25, 0.3) is 0 Å². The summed E-state index contributed by atoms with van der Waals surface area (Å²) >= 11 is 0. The average molecular weight is 320 g/mol. The fourth-order valence-corrected chi connectivity index (χ4v) is 3.35. The van der Waals surface area contributed by atoms with Crippen LogP contribution >= 0.6 is 0 Å². The fraction of sp³-hybridized carbons (Fsp3) is 0.529. The number of rotatable bonds is 4. The van der Waals surface area contributed by atoms with E-state index in [9.17, 15) is 14.0 Å². The number of halogens is 1. The molecule has 0 bridgehead atoms. The summed E-state index contributed by atoms with van der Waals surface area (Å²) in [4.78, 5) is 26.3. The molecule has 0 radical (unpaired) electrons. The van der Waals surface area contributed by atoms with E-state index in [2.05, 4.69) is 5.32 Å². The molecule has 3 atom stereocenters. The molecule has 0 spiro atoms. The Hall–Kier alpha value is -1.95. The predicted octanol–water partition coefficient (Wildman–Crippen LogP) is 1.64. The van der Waals surface area contributed by atoms with Crippen LogP contribution in [-0.2, 0) is 14.3 Å². The van der Waals surface area contributed by atoms with E-state index < -0.39 is 24.0 Å². The number of likely N-dealkylation sites (tertiary alicyclic amines) is 1. The number of carbonyl (C=O) groups excluding carboxylic acids is 2. The van der Waals surface area contributed by atoms with Crippen molar-refractivity contribution in [3.05, 3.63) is 35.6 Å². The van der Waals surface area contributed by atoms with E-state index in [-0.39, 0.29) is 17.8 Å². The number of hydrogen-bond donors (Lipinski definition) is 1. The smallest absolute Gasteiger partial charge is 0.323 e. The van der Waals surface area contributed by atoms with Gasteiger partial charge < -0.3 is 10.1 Å². The first kappa shape index (κ1) is 15.9. The molecule has 0 aromatic heterocycles. The van der Waals surface area contributed by atoms with Crippen LogP contribution in [0.5, 0.6) is 0 Å². The monoisotopic (exact) mass is 320 g/mol. The van der Waals surface area contributed by atoms with Crippen molar-refractivity contribution in [1.29, 1.82) is 0 Å². The van der Waals surface area contributed by atoms with Gasteiger partial charge in [0, 0.05) is 17.6 Å². The number of benzene rings is 1. The topological polar surface area (TPSA) is 58.6 Å². The maximum atomic E-state index is 14.3. The number of nitrogens with zero attached hydrogens (tertiary/aromatic N) is 1. The van der Waals surface area contributed by atoms with Crippen LogP contribution in [0.4, 0.5) is 4.39 Å². The molecule has 2 fully saturated rings. The second-order valence-corrected chi connectivity index (χ2v) is 6.30. The summed E-state index contributed by atoms with van der Waals surface area (Å²) in [5, 5.41) is 2.97. The molecule has 23 heavy (non-hydrogen) atoms. The Morgan fingerprint density at radius 2 is 2.00 bits per heavy atom. The Bertz CT molecular complexity index is 618. The van der Waals surface area contributed by atoms with Gasteiger partial charge in [0.1, 0.15) is 11.9 Å². The van der Waals surface area contributed by atoms with Gasteiger partial charge in [0.15, 0.2) is 0 Å². The number of methoxy groups -OCH3 is 1. The van der Waals surface area contributed by atoms with Gasteiger partial charge >= 0.3 is 5.97 Å². The summed E-state index contributed by atoms with van der Waals surface area (Å²) in [5.41, 5.74) is 0.442. The van der Waals surface area contributed by atoms with Gasteiger partial charge in [-0.15, -0.1) is 0 Å². The summed E-state index contributed by atoms with van der Waals surface area (Å²) in [7, 11) is 3.06. The van der Waals surface area contributed by atoms with Crippen LogP contribution in [0.15, 0.2) is 24.3 Å². The molecule has 1 aromatic rings. The highest BCUT2D eigenvalue weighted by molar-refractivity contribution is 5.84. The number of esters is 1. The van der Waals surface area contributed by atoms with Gasteiger partial charge in [0.05, 0.1) is 13.0 Å². The normalized spacial score (nSPS) is 27.7. The highest BCUT2D eigenvalue weighted by Gasteiger charge is 2.48. The molecule has 1 saturated carbocycles. The fourth-order valence-electron chi connectivity index (χ4n) is 3.35. The quantitative estimate of drug-likeness (QED) is 0.857. The predicted molar refractivity (Wildman–Crippen MR) is 82.0 cm³/mol. The zero-order valence-corrected chi connectivity index (χ0v) is 13.3. The molecular weight excluding hydrogens is 299 g/mol. The van der Waals surface area contributed by atoms with Crippen molar-refractivity contribution in [3.63, 3.8) is 0 Å². The summed E-state index contributed by atoms with van der Waals surface area (Å²) in [6.07, 6.45) is 2.30. The summed E-state index contributed by atoms with van der Waals surface area (Å²) < 4.78 is 19.1. The van der Waals surface area contributed by atoms with E-state index in [1.165, 1.54) is 13.2 Å². The molecular formula is C17H21FN2O3. The molecule has 3 rings (SSSR count). The van der Waals surface area contributed by atoms with Gasteiger partial charge in [-0.25, -0.2) is 4.39 Å². The van der Waals surface area contributed by atoms with Crippen molar-refractivity contribution in [2.75, 3.05) is 14.2 Å². The van der Waals surface area contributed by atoms with E-state index in [0.717, 1.165) is 12.8 Å². The highest BCUT2D eigenvalue weighted by Crippen LogP contribution is 2.41. The standard InChI is InChI=1S/C17H21FN2O3/c1-20-14(17(22)23-2)9-12(16(21)19-10-7-8-10)15(20)11-5-3-4-6-13(11)18/h3-6,10,12,14-15H,7-9H2,1-2H3,(H,19,21)/t12-,14-,15-/m0/s1. The molecule has 1 heterocycles. The minimum atomic E-state index is -0.542.